The van der Waals surface area contributed by atoms with Gasteiger partial charge < -0.3 is 14.2 Å². The summed E-state index contributed by atoms with van der Waals surface area (Å²) in [6.07, 6.45) is 2.87. The topological polar surface area (TPSA) is 44.8 Å². The van der Waals surface area contributed by atoms with E-state index in [9.17, 15) is 4.79 Å². The van der Waals surface area contributed by atoms with E-state index < -0.39 is 5.60 Å². The Morgan fingerprint density at radius 3 is 1.90 bits per heavy atom. The van der Waals surface area contributed by atoms with Crippen molar-refractivity contribution in [2.24, 2.45) is 0 Å². The quantitative estimate of drug-likeness (QED) is 0.465. The standard InChI is InChI=1S/C17H26O4/c1-19-13-7-11-17(21-3,12-8-14-20-2)16(18)15-9-5-4-6-10-15/h4-6,9-10H,7-8,11-14H2,1-3H3. The monoisotopic (exact) mass is 294 g/mol. The molecule has 0 aliphatic rings. The molecule has 4 heteroatoms. The number of carbonyl (C=O) groups excluding carboxylic acids is 1. The Balaban J connectivity index is 2.89. The largest absolute Gasteiger partial charge is 0.385 e. The Morgan fingerprint density at radius 1 is 0.952 bits per heavy atom. The Morgan fingerprint density at radius 2 is 1.48 bits per heavy atom. The second-order valence-electron chi connectivity index (χ2n) is 5.09. The van der Waals surface area contributed by atoms with Crippen LogP contribution in [0.1, 0.15) is 36.0 Å². The highest BCUT2D eigenvalue weighted by atomic mass is 16.5. The predicted molar refractivity (Wildman–Crippen MR) is 82.7 cm³/mol. The van der Waals surface area contributed by atoms with Gasteiger partial charge in [0.25, 0.3) is 0 Å². The zero-order chi connectivity index (χ0) is 15.6. The summed E-state index contributed by atoms with van der Waals surface area (Å²) in [7, 11) is 4.94. The average molecular weight is 294 g/mol. The van der Waals surface area contributed by atoms with Crippen LogP contribution >= 0.6 is 0 Å². The highest BCUT2D eigenvalue weighted by Gasteiger charge is 2.37. The second kappa shape index (κ2) is 9.66. The predicted octanol–water partition coefficient (Wildman–Crippen LogP) is 3.11. The molecule has 0 saturated heterocycles. The summed E-state index contributed by atoms with van der Waals surface area (Å²) in [6, 6.07) is 9.32. The van der Waals surface area contributed by atoms with Gasteiger partial charge in [0.2, 0.25) is 0 Å². The van der Waals surface area contributed by atoms with Crippen molar-refractivity contribution in [2.75, 3.05) is 34.5 Å². The molecule has 4 nitrogen and oxygen atoms in total. The lowest BCUT2D eigenvalue weighted by Gasteiger charge is -2.31. The van der Waals surface area contributed by atoms with Crippen molar-refractivity contribution in [3.63, 3.8) is 0 Å². The van der Waals surface area contributed by atoms with Crippen LogP contribution in [0.5, 0.6) is 0 Å². The smallest absolute Gasteiger partial charge is 0.194 e. The number of Topliss-reactive ketones (excluding diaryl/α,β-unsaturated/α-hetero) is 1. The fraction of sp³-hybridized carbons (Fsp3) is 0.588. The van der Waals surface area contributed by atoms with Gasteiger partial charge in [0.1, 0.15) is 5.60 Å². The third kappa shape index (κ3) is 5.23. The molecule has 0 amide bonds. The van der Waals surface area contributed by atoms with Crippen LogP contribution in [0, 0.1) is 0 Å². The van der Waals surface area contributed by atoms with Gasteiger partial charge in [-0.1, -0.05) is 30.3 Å². The lowest BCUT2D eigenvalue weighted by Crippen LogP contribution is -2.41. The van der Waals surface area contributed by atoms with Crippen molar-refractivity contribution >= 4 is 5.78 Å². The molecule has 118 valence electrons. The highest BCUT2D eigenvalue weighted by Crippen LogP contribution is 2.28. The van der Waals surface area contributed by atoms with Crippen LogP contribution in [-0.4, -0.2) is 45.9 Å². The zero-order valence-electron chi connectivity index (χ0n) is 13.3. The van der Waals surface area contributed by atoms with Gasteiger partial charge in [0.05, 0.1) is 0 Å². The molecule has 0 aromatic heterocycles. The van der Waals surface area contributed by atoms with Crippen LogP contribution in [0.2, 0.25) is 0 Å². The fourth-order valence-electron chi connectivity index (χ4n) is 2.51. The summed E-state index contributed by atoms with van der Waals surface area (Å²) in [6.45, 7) is 1.24. The van der Waals surface area contributed by atoms with Crippen molar-refractivity contribution in [1.29, 1.82) is 0 Å². The lowest BCUT2D eigenvalue weighted by atomic mass is 9.84. The molecule has 0 atom stereocenters. The number of ketones is 1. The molecule has 1 rings (SSSR count). The normalized spacial score (nSPS) is 11.6. The number of rotatable bonds is 11. The van der Waals surface area contributed by atoms with Crippen LogP contribution in [0.4, 0.5) is 0 Å². The average Bonchev–Trinajstić information content (AvgIpc) is 2.54. The first-order valence-electron chi connectivity index (χ1n) is 7.33. The summed E-state index contributed by atoms with van der Waals surface area (Å²) in [4.78, 5) is 12.9. The highest BCUT2D eigenvalue weighted by molar-refractivity contribution is 6.02. The molecule has 0 aliphatic heterocycles. The van der Waals surface area contributed by atoms with E-state index in [0.29, 0.717) is 31.6 Å². The number of hydrogen-bond donors (Lipinski definition) is 0. The second-order valence-corrected chi connectivity index (χ2v) is 5.09. The van der Waals surface area contributed by atoms with Crippen LogP contribution in [0.3, 0.4) is 0 Å². The molecular weight excluding hydrogens is 268 g/mol. The summed E-state index contributed by atoms with van der Waals surface area (Å²) in [5, 5.41) is 0. The first-order valence-corrected chi connectivity index (χ1v) is 7.33. The Labute approximate surface area is 127 Å². The Kier molecular flexibility index (Phi) is 8.20. The maximum absolute atomic E-state index is 12.9. The summed E-state index contributed by atoms with van der Waals surface area (Å²) in [5.41, 5.74) is -0.104. The van der Waals surface area contributed by atoms with E-state index in [1.54, 1.807) is 21.3 Å². The zero-order valence-corrected chi connectivity index (χ0v) is 13.3. The van der Waals surface area contributed by atoms with Gasteiger partial charge in [0, 0.05) is 40.1 Å². The van der Waals surface area contributed by atoms with E-state index in [-0.39, 0.29) is 5.78 Å². The molecule has 0 N–H and O–H groups in total. The molecule has 21 heavy (non-hydrogen) atoms. The van der Waals surface area contributed by atoms with Gasteiger partial charge in [-0.2, -0.15) is 0 Å². The molecule has 0 radical (unpaired) electrons. The first kappa shape index (κ1) is 17.8. The number of methoxy groups -OCH3 is 3. The van der Waals surface area contributed by atoms with Gasteiger partial charge in [-0.25, -0.2) is 0 Å². The number of hydrogen-bond acceptors (Lipinski definition) is 4. The minimum absolute atomic E-state index is 0.0396. The van der Waals surface area contributed by atoms with Crippen molar-refractivity contribution < 1.29 is 19.0 Å². The lowest BCUT2D eigenvalue weighted by molar-refractivity contribution is -0.0165. The summed E-state index contributed by atoms with van der Waals surface area (Å²) in [5.74, 6) is 0.0396. The minimum Gasteiger partial charge on any atom is -0.385 e. The van der Waals surface area contributed by atoms with Crippen LogP contribution in [-0.2, 0) is 14.2 Å². The van der Waals surface area contributed by atoms with E-state index >= 15 is 0 Å². The van der Waals surface area contributed by atoms with Crippen LogP contribution < -0.4 is 0 Å². The Hall–Kier alpha value is -1.23. The Bertz CT molecular complexity index is 393. The molecule has 0 saturated carbocycles. The van der Waals surface area contributed by atoms with Crippen molar-refractivity contribution in [3.8, 4) is 0 Å². The fourth-order valence-corrected chi connectivity index (χ4v) is 2.51. The van der Waals surface area contributed by atoms with Gasteiger partial charge >= 0.3 is 0 Å². The molecule has 0 heterocycles. The van der Waals surface area contributed by atoms with E-state index in [4.69, 9.17) is 14.2 Å². The SMILES string of the molecule is COCCCC(CCCOC)(OC)C(=O)c1ccccc1. The molecular formula is C17H26O4. The van der Waals surface area contributed by atoms with Gasteiger partial charge in [-0.15, -0.1) is 0 Å². The van der Waals surface area contributed by atoms with E-state index in [1.165, 1.54) is 0 Å². The van der Waals surface area contributed by atoms with Gasteiger partial charge in [0.15, 0.2) is 5.78 Å². The third-order valence-electron chi connectivity index (χ3n) is 3.70. The van der Waals surface area contributed by atoms with Crippen LogP contribution in [0.15, 0.2) is 30.3 Å². The van der Waals surface area contributed by atoms with Crippen molar-refractivity contribution in [2.45, 2.75) is 31.3 Å². The van der Waals surface area contributed by atoms with Crippen molar-refractivity contribution in [1.82, 2.24) is 0 Å². The van der Waals surface area contributed by atoms with E-state index in [1.807, 2.05) is 30.3 Å². The van der Waals surface area contributed by atoms with Crippen molar-refractivity contribution in [3.05, 3.63) is 35.9 Å². The molecule has 0 bridgehead atoms. The van der Waals surface area contributed by atoms with Gasteiger partial charge in [-0.05, 0) is 25.7 Å². The number of benzene rings is 1. The summed E-state index contributed by atoms with van der Waals surface area (Å²) >= 11 is 0. The van der Waals surface area contributed by atoms with E-state index in [0.717, 1.165) is 12.8 Å². The first-order chi connectivity index (χ1) is 10.2. The number of carbonyl (C=O) groups is 1. The molecule has 0 unspecified atom stereocenters. The summed E-state index contributed by atoms with van der Waals surface area (Å²) < 4.78 is 15.9. The minimum atomic E-state index is -0.793. The maximum Gasteiger partial charge on any atom is 0.194 e. The van der Waals surface area contributed by atoms with Gasteiger partial charge in [-0.3, -0.25) is 4.79 Å². The van der Waals surface area contributed by atoms with Crippen LogP contribution in [0.25, 0.3) is 0 Å². The van der Waals surface area contributed by atoms with E-state index in [2.05, 4.69) is 0 Å². The maximum atomic E-state index is 12.9. The number of ether oxygens (including phenoxy) is 3. The molecule has 1 aromatic rings. The molecule has 0 spiro atoms. The molecule has 0 aliphatic carbocycles. The molecule has 0 fully saturated rings. The molecule has 1 aromatic carbocycles. The third-order valence-corrected chi connectivity index (χ3v) is 3.70.